The van der Waals surface area contributed by atoms with Crippen molar-refractivity contribution in [1.82, 2.24) is 5.32 Å². The van der Waals surface area contributed by atoms with Crippen LogP contribution in [-0.2, 0) is 0 Å². The Kier molecular flexibility index (Phi) is 2.47. The fraction of sp³-hybridized carbons (Fsp3) is 0.500. The molecule has 2 rings (SSSR count). The van der Waals surface area contributed by atoms with Gasteiger partial charge in [-0.25, -0.2) is 0 Å². The minimum absolute atomic E-state index is 0.189. The first kappa shape index (κ1) is 8.91. The van der Waals surface area contributed by atoms with E-state index in [0.29, 0.717) is 11.8 Å². The molecule has 0 aliphatic carbocycles. The normalized spacial score (nSPS) is 27.8. The molecule has 0 amide bonds. The predicted octanol–water partition coefficient (Wildman–Crippen LogP) is 1.93. The molecule has 1 fully saturated rings. The quantitative estimate of drug-likeness (QED) is 0.731. The van der Waals surface area contributed by atoms with E-state index < -0.39 is 0 Å². The van der Waals surface area contributed by atoms with E-state index in [0.717, 1.165) is 18.5 Å². The van der Waals surface area contributed by atoms with Crippen LogP contribution in [0.5, 0.6) is 0 Å². The van der Waals surface area contributed by atoms with Crippen LogP contribution >= 0.6 is 11.3 Å². The van der Waals surface area contributed by atoms with Gasteiger partial charge in [-0.3, -0.25) is 4.79 Å². The minimum atomic E-state index is 0.189. The van der Waals surface area contributed by atoms with E-state index in [-0.39, 0.29) is 5.92 Å². The highest BCUT2D eigenvalue weighted by Crippen LogP contribution is 2.21. The van der Waals surface area contributed by atoms with Crippen molar-refractivity contribution in [3.63, 3.8) is 0 Å². The number of carbonyl (C=O) groups excluding carboxylic acids is 1. The van der Waals surface area contributed by atoms with E-state index in [2.05, 4.69) is 12.2 Å². The summed E-state index contributed by atoms with van der Waals surface area (Å²) in [5.74, 6) is 0.494. The third-order valence-electron chi connectivity index (χ3n) is 2.67. The lowest BCUT2D eigenvalue weighted by Crippen LogP contribution is -2.27. The largest absolute Gasteiger partial charge is 0.313 e. The average molecular weight is 195 g/mol. The van der Waals surface area contributed by atoms with Gasteiger partial charge in [0.1, 0.15) is 0 Å². The van der Waals surface area contributed by atoms with Crippen molar-refractivity contribution in [2.75, 3.05) is 6.54 Å². The van der Waals surface area contributed by atoms with Crippen LogP contribution < -0.4 is 5.32 Å². The van der Waals surface area contributed by atoms with Crippen molar-refractivity contribution >= 4 is 17.1 Å². The van der Waals surface area contributed by atoms with Gasteiger partial charge in [0.15, 0.2) is 5.78 Å². The topological polar surface area (TPSA) is 29.1 Å². The standard InChI is InChI=1S/C10H13NOS/c1-7-9(2-4-11-7)10(12)8-3-5-13-6-8/h3,5-7,9,11H,2,4H2,1H3. The van der Waals surface area contributed by atoms with E-state index in [1.165, 1.54) is 0 Å². The van der Waals surface area contributed by atoms with Gasteiger partial charge in [0.25, 0.3) is 0 Å². The fourth-order valence-electron chi connectivity index (χ4n) is 1.84. The predicted molar refractivity (Wildman–Crippen MR) is 54.2 cm³/mol. The maximum atomic E-state index is 11.9. The summed E-state index contributed by atoms with van der Waals surface area (Å²) in [6.07, 6.45) is 0.982. The molecule has 1 aromatic heterocycles. The average Bonchev–Trinajstić information content (AvgIpc) is 2.72. The molecule has 3 heteroatoms. The zero-order chi connectivity index (χ0) is 9.26. The number of rotatable bonds is 2. The minimum Gasteiger partial charge on any atom is -0.313 e. The van der Waals surface area contributed by atoms with Gasteiger partial charge in [-0.1, -0.05) is 0 Å². The molecule has 13 heavy (non-hydrogen) atoms. The number of ketones is 1. The van der Waals surface area contributed by atoms with Gasteiger partial charge in [-0.15, -0.1) is 0 Å². The second kappa shape index (κ2) is 3.60. The Bertz CT molecular complexity index is 294. The molecule has 2 unspecified atom stereocenters. The van der Waals surface area contributed by atoms with Crippen molar-refractivity contribution in [2.24, 2.45) is 5.92 Å². The smallest absolute Gasteiger partial charge is 0.168 e. The molecule has 0 saturated carbocycles. The summed E-state index contributed by atoms with van der Waals surface area (Å²) in [7, 11) is 0. The van der Waals surface area contributed by atoms with Crippen LogP contribution in [0.3, 0.4) is 0 Å². The summed E-state index contributed by atoms with van der Waals surface area (Å²) in [5.41, 5.74) is 0.880. The molecule has 0 radical (unpaired) electrons. The van der Waals surface area contributed by atoms with Gasteiger partial charge < -0.3 is 5.32 Å². The number of hydrogen-bond acceptors (Lipinski definition) is 3. The summed E-state index contributed by atoms with van der Waals surface area (Å²) in [6, 6.07) is 2.25. The molecular weight excluding hydrogens is 182 g/mol. The molecule has 1 N–H and O–H groups in total. The molecular formula is C10H13NOS. The van der Waals surface area contributed by atoms with Crippen LogP contribution in [0.15, 0.2) is 16.8 Å². The van der Waals surface area contributed by atoms with Gasteiger partial charge in [0.05, 0.1) is 0 Å². The van der Waals surface area contributed by atoms with Gasteiger partial charge in [-0.05, 0) is 31.3 Å². The van der Waals surface area contributed by atoms with E-state index >= 15 is 0 Å². The highest BCUT2D eigenvalue weighted by molar-refractivity contribution is 7.08. The van der Waals surface area contributed by atoms with Crippen LogP contribution in [0.4, 0.5) is 0 Å². The zero-order valence-corrected chi connectivity index (χ0v) is 8.43. The molecule has 70 valence electrons. The number of carbonyl (C=O) groups is 1. The molecule has 0 spiro atoms. The Morgan fingerprint density at radius 3 is 3.08 bits per heavy atom. The molecule has 0 bridgehead atoms. The lowest BCUT2D eigenvalue weighted by atomic mass is 9.93. The summed E-state index contributed by atoms with van der Waals surface area (Å²) in [6.45, 7) is 3.06. The first-order valence-electron chi connectivity index (χ1n) is 4.59. The molecule has 1 aliphatic heterocycles. The molecule has 2 heterocycles. The monoisotopic (exact) mass is 195 g/mol. The molecule has 2 nitrogen and oxygen atoms in total. The van der Waals surface area contributed by atoms with Crippen molar-refractivity contribution < 1.29 is 4.79 Å². The highest BCUT2D eigenvalue weighted by atomic mass is 32.1. The van der Waals surface area contributed by atoms with E-state index in [4.69, 9.17) is 0 Å². The van der Waals surface area contributed by atoms with Crippen molar-refractivity contribution in [1.29, 1.82) is 0 Å². The molecule has 1 aromatic rings. The number of Topliss-reactive ketones (excluding diaryl/α,β-unsaturated/α-hetero) is 1. The van der Waals surface area contributed by atoms with Crippen molar-refractivity contribution in [3.8, 4) is 0 Å². The van der Waals surface area contributed by atoms with E-state index in [1.807, 2.05) is 16.8 Å². The van der Waals surface area contributed by atoms with Crippen molar-refractivity contribution in [2.45, 2.75) is 19.4 Å². The molecule has 1 saturated heterocycles. The highest BCUT2D eigenvalue weighted by Gasteiger charge is 2.29. The zero-order valence-electron chi connectivity index (χ0n) is 7.62. The Labute approximate surface area is 82.0 Å². The summed E-state index contributed by atoms with van der Waals surface area (Å²) < 4.78 is 0. The van der Waals surface area contributed by atoms with Gasteiger partial charge in [0.2, 0.25) is 0 Å². The number of hydrogen-bond donors (Lipinski definition) is 1. The summed E-state index contributed by atoms with van der Waals surface area (Å²) in [5, 5.41) is 7.19. The first-order valence-corrected chi connectivity index (χ1v) is 5.53. The Morgan fingerprint density at radius 1 is 1.69 bits per heavy atom. The Balaban J connectivity index is 2.13. The van der Waals surface area contributed by atoms with Crippen LogP contribution in [0, 0.1) is 5.92 Å². The Morgan fingerprint density at radius 2 is 2.54 bits per heavy atom. The van der Waals surface area contributed by atoms with Crippen LogP contribution in [-0.4, -0.2) is 18.4 Å². The number of thiophene rings is 1. The fourth-order valence-corrected chi connectivity index (χ4v) is 2.48. The van der Waals surface area contributed by atoms with E-state index in [9.17, 15) is 4.79 Å². The second-order valence-electron chi connectivity index (χ2n) is 3.51. The van der Waals surface area contributed by atoms with E-state index in [1.54, 1.807) is 11.3 Å². The maximum Gasteiger partial charge on any atom is 0.168 e. The Hall–Kier alpha value is -0.670. The van der Waals surface area contributed by atoms with Crippen LogP contribution in [0.2, 0.25) is 0 Å². The summed E-state index contributed by atoms with van der Waals surface area (Å²) in [4.78, 5) is 11.9. The van der Waals surface area contributed by atoms with Crippen LogP contribution in [0.1, 0.15) is 23.7 Å². The molecule has 2 atom stereocenters. The second-order valence-corrected chi connectivity index (χ2v) is 4.29. The summed E-state index contributed by atoms with van der Waals surface area (Å²) >= 11 is 1.59. The van der Waals surface area contributed by atoms with Gasteiger partial charge >= 0.3 is 0 Å². The molecule has 1 aliphatic rings. The SMILES string of the molecule is CC1NCCC1C(=O)c1ccsc1. The third-order valence-corrected chi connectivity index (χ3v) is 3.35. The van der Waals surface area contributed by atoms with Gasteiger partial charge in [0, 0.05) is 22.9 Å². The third kappa shape index (κ3) is 1.67. The van der Waals surface area contributed by atoms with Crippen molar-refractivity contribution in [3.05, 3.63) is 22.4 Å². The maximum absolute atomic E-state index is 11.9. The van der Waals surface area contributed by atoms with Crippen LogP contribution in [0.25, 0.3) is 0 Å². The lowest BCUT2D eigenvalue weighted by Gasteiger charge is -2.12. The molecule has 0 aromatic carbocycles. The van der Waals surface area contributed by atoms with Gasteiger partial charge in [-0.2, -0.15) is 11.3 Å². The number of nitrogens with one attached hydrogen (secondary N) is 1. The lowest BCUT2D eigenvalue weighted by molar-refractivity contribution is 0.0914. The first-order chi connectivity index (χ1) is 6.29.